The van der Waals surface area contributed by atoms with Crippen molar-refractivity contribution in [3.8, 4) is 5.75 Å². The molecule has 2 atom stereocenters. The van der Waals surface area contributed by atoms with Crippen molar-refractivity contribution < 1.29 is 23.8 Å². The fourth-order valence-corrected chi connectivity index (χ4v) is 2.19. The van der Waals surface area contributed by atoms with Gasteiger partial charge in [0.15, 0.2) is 6.10 Å². The molecule has 1 fully saturated rings. The Balaban J connectivity index is 1.92. The van der Waals surface area contributed by atoms with Crippen LogP contribution in [0.5, 0.6) is 5.75 Å². The Bertz CT molecular complexity index is 502. The lowest BCUT2D eigenvalue weighted by atomic mass is 10.1. The number of carboxylic acids is 1. The summed E-state index contributed by atoms with van der Waals surface area (Å²) in [4.78, 5) is 24.5. The first-order valence-corrected chi connectivity index (χ1v) is 6.41. The number of halogens is 1. The van der Waals surface area contributed by atoms with E-state index in [1.807, 2.05) is 0 Å². The number of likely N-dealkylation sites (tertiary alicyclic amines) is 1. The first-order valence-electron chi connectivity index (χ1n) is 6.41. The van der Waals surface area contributed by atoms with E-state index in [0.29, 0.717) is 18.7 Å². The Labute approximate surface area is 116 Å². The summed E-state index contributed by atoms with van der Waals surface area (Å²) >= 11 is 0. The summed E-state index contributed by atoms with van der Waals surface area (Å²) in [5.41, 5.74) is 0. The van der Waals surface area contributed by atoms with Crippen LogP contribution in [0.3, 0.4) is 0 Å². The Morgan fingerprint density at radius 3 is 2.60 bits per heavy atom. The van der Waals surface area contributed by atoms with Gasteiger partial charge in [0, 0.05) is 13.1 Å². The van der Waals surface area contributed by atoms with Crippen LogP contribution in [-0.2, 0) is 9.59 Å². The number of ether oxygens (including phenoxy) is 1. The first-order chi connectivity index (χ1) is 9.47. The quantitative estimate of drug-likeness (QED) is 0.908. The molecule has 2 rings (SSSR count). The van der Waals surface area contributed by atoms with E-state index in [1.165, 1.54) is 29.2 Å². The van der Waals surface area contributed by atoms with E-state index in [4.69, 9.17) is 9.84 Å². The molecule has 0 bridgehead atoms. The third kappa shape index (κ3) is 3.26. The summed E-state index contributed by atoms with van der Waals surface area (Å²) in [6.07, 6.45) is -0.266. The summed E-state index contributed by atoms with van der Waals surface area (Å²) in [5, 5.41) is 8.91. The highest BCUT2D eigenvalue weighted by Crippen LogP contribution is 2.19. The minimum Gasteiger partial charge on any atom is -0.481 e. The van der Waals surface area contributed by atoms with Gasteiger partial charge in [0.2, 0.25) is 0 Å². The van der Waals surface area contributed by atoms with E-state index >= 15 is 0 Å². The molecule has 1 heterocycles. The van der Waals surface area contributed by atoms with Gasteiger partial charge in [-0.15, -0.1) is 0 Å². The topological polar surface area (TPSA) is 66.8 Å². The third-order valence-electron chi connectivity index (χ3n) is 3.32. The molecule has 1 aliphatic rings. The van der Waals surface area contributed by atoms with E-state index in [-0.39, 0.29) is 18.3 Å². The van der Waals surface area contributed by atoms with Crippen LogP contribution in [-0.4, -0.2) is 41.1 Å². The number of aliphatic carboxylic acids is 1. The zero-order valence-corrected chi connectivity index (χ0v) is 11.1. The van der Waals surface area contributed by atoms with Crippen molar-refractivity contribution in [2.24, 2.45) is 5.92 Å². The number of carbonyl (C=O) groups is 2. The molecule has 20 heavy (non-hydrogen) atoms. The summed E-state index contributed by atoms with van der Waals surface area (Å²) in [6.45, 7) is 2.23. The van der Waals surface area contributed by atoms with Crippen molar-refractivity contribution in [3.63, 3.8) is 0 Å². The fraction of sp³-hybridized carbons (Fsp3) is 0.429. The van der Waals surface area contributed by atoms with Crippen molar-refractivity contribution >= 4 is 11.9 Å². The molecule has 1 saturated heterocycles. The van der Waals surface area contributed by atoms with E-state index in [2.05, 4.69) is 0 Å². The molecule has 0 aliphatic carbocycles. The average molecular weight is 281 g/mol. The van der Waals surface area contributed by atoms with Crippen LogP contribution in [0.25, 0.3) is 0 Å². The zero-order chi connectivity index (χ0) is 14.7. The summed E-state index contributed by atoms with van der Waals surface area (Å²) in [7, 11) is 0. The Hall–Kier alpha value is -2.11. The maximum absolute atomic E-state index is 12.8. The number of amides is 1. The van der Waals surface area contributed by atoms with Gasteiger partial charge in [0.25, 0.3) is 5.91 Å². The second-order valence-corrected chi connectivity index (χ2v) is 4.82. The maximum atomic E-state index is 12.8. The Kier molecular flexibility index (Phi) is 4.22. The number of carbonyl (C=O) groups excluding carboxylic acids is 1. The molecule has 1 amide bonds. The van der Waals surface area contributed by atoms with Crippen LogP contribution in [0.15, 0.2) is 24.3 Å². The monoisotopic (exact) mass is 281 g/mol. The van der Waals surface area contributed by atoms with Crippen molar-refractivity contribution in [3.05, 3.63) is 30.1 Å². The number of benzene rings is 1. The van der Waals surface area contributed by atoms with Gasteiger partial charge in [-0.25, -0.2) is 4.39 Å². The van der Waals surface area contributed by atoms with Crippen LogP contribution < -0.4 is 4.74 Å². The molecule has 1 aromatic carbocycles. The predicted octanol–water partition coefficient (Wildman–Crippen LogP) is 1.53. The van der Waals surface area contributed by atoms with Crippen LogP contribution in [0.2, 0.25) is 0 Å². The van der Waals surface area contributed by atoms with E-state index in [1.54, 1.807) is 6.92 Å². The smallest absolute Gasteiger partial charge is 0.308 e. The van der Waals surface area contributed by atoms with Crippen molar-refractivity contribution in [1.29, 1.82) is 0 Å². The lowest BCUT2D eigenvalue weighted by Crippen LogP contribution is -2.39. The molecule has 6 heteroatoms. The van der Waals surface area contributed by atoms with Gasteiger partial charge in [-0.1, -0.05) is 0 Å². The third-order valence-corrected chi connectivity index (χ3v) is 3.32. The van der Waals surface area contributed by atoms with E-state index in [0.717, 1.165) is 0 Å². The van der Waals surface area contributed by atoms with Crippen molar-refractivity contribution in [2.75, 3.05) is 13.1 Å². The lowest BCUT2D eigenvalue weighted by molar-refractivity contribution is -0.142. The maximum Gasteiger partial charge on any atom is 0.308 e. The second-order valence-electron chi connectivity index (χ2n) is 4.82. The molecule has 0 saturated carbocycles. The molecular weight excluding hydrogens is 265 g/mol. The van der Waals surface area contributed by atoms with Crippen LogP contribution in [0, 0.1) is 11.7 Å². The molecule has 0 aromatic heterocycles. The molecule has 1 N–H and O–H groups in total. The van der Waals surface area contributed by atoms with Crippen LogP contribution in [0.4, 0.5) is 4.39 Å². The summed E-state index contributed by atoms with van der Waals surface area (Å²) in [5.74, 6) is -1.61. The van der Waals surface area contributed by atoms with Crippen LogP contribution >= 0.6 is 0 Å². The molecule has 0 spiro atoms. The van der Waals surface area contributed by atoms with Gasteiger partial charge in [-0.05, 0) is 37.6 Å². The van der Waals surface area contributed by atoms with E-state index in [9.17, 15) is 14.0 Å². The highest BCUT2D eigenvalue weighted by atomic mass is 19.1. The first kappa shape index (κ1) is 14.3. The molecule has 5 nitrogen and oxygen atoms in total. The van der Waals surface area contributed by atoms with Gasteiger partial charge in [-0.2, -0.15) is 0 Å². The molecular formula is C14H16FNO4. The van der Waals surface area contributed by atoms with Gasteiger partial charge >= 0.3 is 5.97 Å². The standard InChI is InChI=1S/C14H16FNO4/c1-9(20-12-4-2-11(15)3-5-12)13(17)16-7-6-10(8-16)14(18)19/h2-5,9-10H,6-8H2,1H3,(H,18,19). The largest absolute Gasteiger partial charge is 0.481 e. The van der Waals surface area contributed by atoms with Gasteiger partial charge < -0.3 is 14.7 Å². The Morgan fingerprint density at radius 2 is 2.05 bits per heavy atom. The number of hydrogen-bond donors (Lipinski definition) is 1. The van der Waals surface area contributed by atoms with E-state index < -0.39 is 18.0 Å². The zero-order valence-electron chi connectivity index (χ0n) is 11.1. The van der Waals surface area contributed by atoms with Crippen LogP contribution in [0.1, 0.15) is 13.3 Å². The normalized spacial score (nSPS) is 19.7. The molecule has 1 aliphatic heterocycles. The second kappa shape index (κ2) is 5.90. The average Bonchev–Trinajstić information content (AvgIpc) is 2.90. The highest BCUT2D eigenvalue weighted by molar-refractivity contribution is 5.82. The number of nitrogens with zero attached hydrogens (tertiary/aromatic N) is 1. The Morgan fingerprint density at radius 1 is 1.40 bits per heavy atom. The minimum absolute atomic E-state index is 0.214. The number of carboxylic acid groups (broad SMARTS) is 1. The van der Waals surface area contributed by atoms with Gasteiger partial charge in [0.1, 0.15) is 11.6 Å². The minimum atomic E-state index is -0.882. The van der Waals surface area contributed by atoms with Crippen molar-refractivity contribution in [1.82, 2.24) is 4.90 Å². The van der Waals surface area contributed by atoms with Gasteiger partial charge in [0.05, 0.1) is 5.92 Å². The lowest BCUT2D eigenvalue weighted by Gasteiger charge is -2.21. The van der Waals surface area contributed by atoms with Crippen molar-refractivity contribution in [2.45, 2.75) is 19.4 Å². The number of hydrogen-bond acceptors (Lipinski definition) is 3. The molecule has 2 unspecified atom stereocenters. The molecule has 108 valence electrons. The SMILES string of the molecule is CC(Oc1ccc(F)cc1)C(=O)N1CCC(C(=O)O)C1. The van der Waals surface area contributed by atoms with Gasteiger partial charge in [-0.3, -0.25) is 9.59 Å². The molecule has 0 radical (unpaired) electrons. The predicted molar refractivity (Wildman–Crippen MR) is 68.8 cm³/mol. The fourth-order valence-electron chi connectivity index (χ4n) is 2.19. The number of rotatable bonds is 4. The molecule has 1 aromatic rings. The summed E-state index contributed by atoms with van der Waals surface area (Å²) in [6, 6.07) is 5.40. The highest BCUT2D eigenvalue weighted by Gasteiger charge is 2.33. The summed E-state index contributed by atoms with van der Waals surface area (Å²) < 4.78 is 18.2.